The summed E-state index contributed by atoms with van der Waals surface area (Å²) < 4.78 is 6.62. The van der Waals surface area contributed by atoms with Gasteiger partial charge in [-0.15, -0.1) is 0 Å². The molecule has 1 atom stereocenters. The Morgan fingerprint density at radius 2 is 1.59 bits per heavy atom. The van der Waals surface area contributed by atoms with Gasteiger partial charge < -0.3 is 0 Å². The van der Waals surface area contributed by atoms with Crippen molar-refractivity contribution in [3.05, 3.63) is 60.2 Å². The molecular formula is C15H16OSe. The Labute approximate surface area is 109 Å². The summed E-state index contributed by atoms with van der Waals surface area (Å²) in [5.41, 5.74) is 1.38. The average molecular weight is 291 g/mol. The van der Waals surface area contributed by atoms with Crippen LogP contribution in [0.2, 0.25) is 0 Å². The molecule has 0 aliphatic carbocycles. The zero-order chi connectivity index (χ0) is 12.1. The van der Waals surface area contributed by atoms with E-state index in [2.05, 4.69) is 49.4 Å². The summed E-state index contributed by atoms with van der Waals surface area (Å²) >= 11 is 0.482. The van der Waals surface area contributed by atoms with Crippen LogP contribution in [0.15, 0.2) is 54.6 Å². The van der Waals surface area contributed by atoms with E-state index in [-0.39, 0.29) is 0 Å². The summed E-state index contributed by atoms with van der Waals surface area (Å²) in [5.74, 6) is 0.924. The van der Waals surface area contributed by atoms with E-state index in [9.17, 15) is 0 Å². The van der Waals surface area contributed by atoms with Crippen LogP contribution in [0.5, 0.6) is 5.75 Å². The minimum absolute atomic E-state index is 0.482. The molecule has 1 nitrogen and oxygen atoms in total. The summed E-state index contributed by atoms with van der Waals surface area (Å²) in [6, 6.07) is 19.1. The van der Waals surface area contributed by atoms with Gasteiger partial charge >= 0.3 is 109 Å². The second-order valence-corrected chi connectivity index (χ2v) is 6.81. The van der Waals surface area contributed by atoms with Gasteiger partial charge in [0.15, 0.2) is 0 Å². The molecule has 0 N–H and O–H groups in total. The van der Waals surface area contributed by atoms with Crippen molar-refractivity contribution in [2.75, 3.05) is 7.11 Å². The molecule has 0 aliphatic rings. The van der Waals surface area contributed by atoms with Gasteiger partial charge in [-0.25, -0.2) is 0 Å². The van der Waals surface area contributed by atoms with Crippen molar-refractivity contribution in [2.24, 2.45) is 0 Å². The second kappa shape index (κ2) is 5.90. The molecule has 2 heteroatoms. The molecule has 2 aromatic carbocycles. The SMILES string of the molecule is COc1ccc([C@@H](C)[Se]c2ccccc2)cc1. The summed E-state index contributed by atoms with van der Waals surface area (Å²) in [4.78, 5) is 0.593. The third-order valence-corrected chi connectivity index (χ3v) is 5.10. The number of ether oxygens (including phenoxy) is 1. The molecule has 2 aromatic rings. The molecule has 0 saturated heterocycles. The summed E-state index contributed by atoms with van der Waals surface area (Å²) in [7, 11) is 1.70. The molecule has 17 heavy (non-hydrogen) atoms. The van der Waals surface area contributed by atoms with Crippen LogP contribution in [0.3, 0.4) is 0 Å². The Kier molecular flexibility index (Phi) is 4.24. The molecule has 0 aromatic heterocycles. The maximum absolute atomic E-state index is 5.17. The molecule has 0 aliphatic heterocycles. The zero-order valence-corrected chi connectivity index (χ0v) is 11.8. The Hall–Kier alpha value is -1.24. The van der Waals surface area contributed by atoms with E-state index in [1.165, 1.54) is 10.0 Å². The van der Waals surface area contributed by atoms with Crippen LogP contribution < -0.4 is 9.20 Å². The molecule has 0 spiro atoms. The number of rotatable bonds is 4. The van der Waals surface area contributed by atoms with Gasteiger partial charge in [-0.2, -0.15) is 0 Å². The van der Waals surface area contributed by atoms with Crippen LogP contribution in [0.25, 0.3) is 0 Å². The van der Waals surface area contributed by atoms with Crippen molar-refractivity contribution < 1.29 is 4.74 Å². The molecule has 0 heterocycles. The molecule has 0 amide bonds. The van der Waals surface area contributed by atoms with Crippen LogP contribution in [0.4, 0.5) is 0 Å². The van der Waals surface area contributed by atoms with Crippen molar-refractivity contribution >= 4 is 19.4 Å². The van der Waals surface area contributed by atoms with E-state index in [0.29, 0.717) is 19.8 Å². The predicted octanol–water partition coefficient (Wildman–Crippen LogP) is 2.79. The molecule has 0 fully saturated rings. The van der Waals surface area contributed by atoms with Gasteiger partial charge in [0.25, 0.3) is 0 Å². The first-order valence-corrected chi connectivity index (χ1v) is 7.50. The van der Waals surface area contributed by atoms with Crippen LogP contribution in [-0.2, 0) is 0 Å². The second-order valence-electron chi connectivity index (χ2n) is 3.85. The third-order valence-electron chi connectivity index (χ3n) is 2.64. The summed E-state index contributed by atoms with van der Waals surface area (Å²) in [6.45, 7) is 2.29. The number of methoxy groups -OCH3 is 1. The van der Waals surface area contributed by atoms with E-state index in [0.717, 1.165) is 5.75 Å². The van der Waals surface area contributed by atoms with Gasteiger partial charge in [0, 0.05) is 0 Å². The van der Waals surface area contributed by atoms with Gasteiger partial charge in [-0.1, -0.05) is 0 Å². The third kappa shape index (κ3) is 3.36. The Balaban J connectivity index is 2.06. The van der Waals surface area contributed by atoms with E-state index >= 15 is 0 Å². The van der Waals surface area contributed by atoms with Gasteiger partial charge in [-0.05, 0) is 0 Å². The average Bonchev–Trinajstić information content (AvgIpc) is 2.40. The first-order chi connectivity index (χ1) is 8.29. The molecule has 0 saturated carbocycles. The monoisotopic (exact) mass is 292 g/mol. The quantitative estimate of drug-likeness (QED) is 0.787. The summed E-state index contributed by atoms with van der Waals surface area (Å²) in [5, 5.41) is 0. The molecule has 2 rings (SSSR count). The first kappa shape index (κ1) is 12.2. The first-order valence-electron chi connectivity index (χ1n) is 5.65. The molecule has 0 bridgehead atoms. The van der Waals surface area contributed by atoms with E-state index in [4.69, 9.17) is 4.74 Å². The number of benzene rings is 2. The van der Waals surface area contributed by atoms with Crippen molar-refractivity contribution in [2.45, 2.75) is 11.7 Å². The fraction of sp³-hybridized carbons (Fsp3) is 0.200. The molecule has 88 valence electrons. The van der Waals surface area contributed by atoms with E-state index in [1.807, 2.05) is 12.1 Å². The Bertz CT molecular complexity index is 450. The van der Waals surface area contributed by atoms with Crippen LogP contribution in [0.1, 0.15) is 17.3 Å². The van der Waals surface area contributed by atoms with Gasteiger partial charge in [-0.3, -0.25) is 0 Å². The normalized spacial score (nSPS) is 12.1. The van der Waals surface area contributed by atoms with Gasteiger partial charge in [0.1, 0.15) is 0 Å². The van der Waals surface area contributed by atoms with E-state index in [1.54, 1.807) is 7.11 Å². The Morgan fingerprint density at radius 1 is 0.941 bits per heavy atom. The fourth-order valence-corrected chi connectivity index (χ4v) is 3.78. The minimum atomic E-state index is 0.482. The Morgan fingerprint density at radius 3 is 2.18 bits per heavy atom. The van der Waals surface area contributed by atoms with Crippen molar-refractivity contribution in [1.82, 2.24) is 0 Å². The van der Waals surface area contributed by atoms with Crippen LogP contribution in [0, 0.1) is 0 Å². The van der Waals surface area contributed by atoms with Crippen molar-refractivity contribution in [3.63, 3.8) is 0 Å². The van der Waals surface area contributed by atoms with Gasteiger partial charge in [0.2, 0.25) is 0 Å². The summed E-state index contributed by atoms with van der Waals surface area (Å²) in [6.07, 6.45) is 0. The number of hydrogen-bond donors (Lipinski definition) is 0. The molecule has 0 unspecified atom stereocenters. The van der Waals surface area contributed by atoms with Crippen LogP contribution in [-0.4, -0.2) is 22.1 Å². The maximum atomic E-state index is 5.17. The molecular weight excluding hydrogens is 275 g/mol. The zero-order valence-electron chi connectivity index (χ0n) is 10.1. The van der Waals surface area contributed by atoms with Gasteiger partial charge in [0.05, 0.1) is 0 Å². The fourth-order valence-electron chi connectivity index (χ4n) is 1.65. The predicted molar refractivity (Wildman–Crippen MR) is 73.2 cm³/mol. The standard InChI is InChI=1S/C15H16OSe/c1-12(17-15-6-4-3-5-7-15)13-8-10-14(16-2)11-9-13/h3-12H,1-2H3/t12-/m1/s1. The molecule has 0 radical (unpaired) electrons. The van der Waals surface area contributed by atoms with Crippen LogP contribution >= 0.6 is 0 Å². The number of hydrogen-bond acceptors (Lipinski definition) is 1. The topological polar surface area (TPSA) is 9.23 Å². The van der Waals surface area contributed by atoms with Crippen molar-refractivity contribution in [1.29, 1.82) is 0 Å². The van der Waals surface area contributed by atoms with E-state index < -0.39 is 0 Å². The van der Waals surface area contributed by atoms with Crippen molar-refractivity contribution in [3.8, 4) is 5.75 Å².